The van der Waals surface area contributed by atoms with Crippen LogP contribution in [0.5, 0.6) is 0 Å². The van der Waals surface area contributed by atoms with Gasteiger partial charge in [-0.05, 0) is 53.1 Å². The molecule has 0 aromatic heterocycles. The highest BCUT2D eigenvalue weighted by Gasteiger charge is 2.29. The van der Waals surface area contributed by atoms with Gasteiger partial charge in [0.1, 0.15) is 6.54 Å². The predicted molar refractivity (Wildman–Crippen MR) is 149 cm³/mol. The van der Waals surface area contributed by atoms with Crippen LogP contribution in [0, 0.1) is 0 Å². The quantitative estimate of drug-likeness (QED) is 0.328. The highest BCUT2D eigenvalue weighted by molar-refractivity contribution is 7.90. The first kappa shape index (κ1) is 25.7. The zero-order chi connectivity index (χ0) is 26.9. The number of sulfone groups is 1. The Morgan fingerprint density at radius 3 is 2.21 bits per heavy atom. The standard InChI is InChI=1S/C30H25ClN2O4S/c1-38(36,37)28-9-5-3-7-26(28)22-12-10-21(11-13-22)18-33-27-8-4-2-6-24(27)19-32(20-29(33)34)30(35)23-14-16-25(31)17-15-23/h2-17H,18-20H2,1H3. The summed E-state index contributed by atoms with van der Waals surface area (Å²) in [6.07, 6.45) is 1.20. The summed E-state index contributed by atoms with van der Waals surface area (Å²) in [6, 6.07) is 28.6. The van der Waals surface area contributed by atoms with Crippen molar-refractivity contribution in [2.24, 2.45) is 0 Å². The number of rotatable bonds is 5. The van der Waals surface area contributed by atoms with Crippen LogP contribution in [0.15, 0.2) is 102 Å². The molecule has 0 fully saturated rings. The van der Waals surface area contributed by atoms with Gasteiger partial charge >= 0.3 is 0 Å². The second-order valence-electron chi connectivity index (χ2n) is 9.24. The van der Waals surface area contributed by atoms with Crippen LogP contribution in [0.1, 0.15) is 21.5 Å². The molecule has 2 amide bonds. The Morgan fingerprint density at radius 1 is 0.842 bits per heavy atom. The minimum absolute atomic E-state index is 0.0596. The zero-order valence-corrected chi connectivity index (χ0v) is 22.2. The molecule has 0 spiro atoms. The topological polar surface area (TPSA) is 74.8 Å². The van der Waals surface area contributed by atoms with Crippen molar-refractivity contribution < 1.29 is 18.0 Å². The van der Waals surface area contributed by atoms with E-state index in [0.717, 1.165) is 22.4 Å². The van der Waals surface area contributed by atoms with E-state index in [-0.39, 0.29) is 23.3 Å². The van der Waals surface area contributed by atoms with Gasteiger partial charge in [0.25, 0.3) is 5.91 Å². The lowest BCUT2D eigenvalue weighted by Gasteiger charge is -2.23. The Labute approximate surface area is 227 Å². The number of nitrogens with zero attached hydrogens (tertiary/aromatic N) is 2. The fourth-order valence-electron chi connectivity index (χ4n) is 4.65. The molecule has 1 aliphatic heterocycles. The minimum atomic E-state index is -3.39. The second-order valence-corrected chi connectivity index (χ2v) is 11.7. The molecule has 8 heteroatoms. The van der Waals surface area contributed by atoms with Gasteiger partial charge in [-0.2, -0.15) is 0 Å². The molecule has 0 unspecified atom stereocenters. The van der Waals surface area contributed by atoms with Crippen molar-refractivity contribution in [3.05, 3.63) is 119 Å². The molecule has 0 aliphatic carbocycles. The summed E-state index contributed by atoms with van der Waals surface area (Å²) >= 11 is 5.97. The number of hydrogen-bond acceptors (Lipinski definition) is 4. The average Bonchev–Trinajstić information content (AvgIpc) is 3.05. The van der Waals surface area contributed by atoms with E-state index in [2.05, 4.69) is 0 Å². The van der Waals surface area contributed by atoms with Crippen LogP contribution in [0.2, 0.25) is 5.02 Å². The number of amides is 2. The van der Waals surface area contributed by atoms with E-state index >= 15 is 0 Å². The molecule has 192 valence electrons. The molecular weight excluding hydrogens is 520 g/mol. The van der Waals surface area contributed by atoms with Crippen LogP contribution < -0.4 is 4.90 Å². The number of anilines is 1. The van der Waals surface area contributed by atoms with Gasteiger partial charge in [0.05, 0.1) is 11.4 Å². The molecular formula is C30H25ClN2O4S. The van der Waals surface area contributed by atoms with E-state index in [1.54, 1.807) is 52.3 Å². The molecule has 6 nitrogen and oxygen atoms in total. The molecule has 0 N–H and O–H groups in total. The van der Waals surface area contributed by atoms with Gasteiger partial charge in [0.15, 0.2) is 9.84 Å². The monoisotopic (exact) mass is 544 g/mol. The third kappa shape index (κ3) is 5.35. The van der Waals surface area contributed by atoms with Crippen molar-refractivity contribution >= 4 is 38.9 Å². The molecule has 4 aromatic rings. The smallest absolute Gasteiger partial charge is 0.254 e. The van der Waals surface area contributed by atoms with Gasteiger partial charge in [-0.1, -0.05) is 72.3 Å². The first-order chi connectivity index (χ1) is 18.2. The molecule has 0 atom stereocenters. The molecule has 1 aliphatic rings. The molecule has 1 heterocycles. The van der Waals surface area contributed by atoms with Gasteiger partial charge in [0.2, 0.25) is 5.91 Å². The Bertz CT molecular complexity index is 1620. The molecule has 5 rings (SSSR count). The number of halogens is 1. The van der Waals surface area contributed by atoms with Crippen molar-refractivity contribution in [1.29, 1.82) is 0 Å². The summed E-state index contributed by atoms with van der Waals surface area (Å²) in [6.45, 7) is 0.559. The Balaban J connectivity index is 1.42. The minimum Gasteiger partial charge on any atom is -0.325 e. The number of carbonyl (C=O) groups excluding carboxylic acids is 2. The van der Waals surface area contributed by atoms with Crippen LogP contribution in [0.3, 0.4) is 0 Å². The Morgan fingerprint density at radius 2 is 1.50 bits per heavy atom. The van der Waals surface area contributed by atoms with Crippen molar-refractivity contribution in [2.45, 2.75) is 18.0 Å². The third-order valence-electron chi connectivity index (χ3n) is 6.54. The summed E-state index contributed by atoms with van der Waals surface area (Å²) in [5.41, 5.74) is 4.39. The van der Waals surface area contributed by atoms with E-state index in [9.17, 15) is 18.0 Å². The summed E-state index contributed by atoms with van der Waals surface area (Å²) in [7, 11) is -3.39. The molecule has 0 radical (unpaired) electrons. The van der Waals surface area contributed by atoms with Gasteiger partial charge in [-0.25, -0.2) is 8.42 Å². The van der Waals surface area contributed by atoms with Crippen LogP contribution in [0.25, 0.3) is 11.1 Å². The second kappa shape index (κ2) is 10.4. The molecule has 38 heavy (non-hydrogen) atoms. The fraction of sp³-hybridized carbons (Fsp3) is 0.133. The molecule has 0 saturated carbocycles. The van der Waals surface area contributed by atoms with E-state index in [4.69, 9.17) is 11.6 Å². The van der Waals surface area contributed by atoms with Crippen molar-refractivity contribution in [3.63, 3.8) is 0 Å². The van der Waals surface area contributed by atoms with Gasteiger partial charge < -0.3 is 9.80 Å². The van der Waals surface area contributed by atoms with Crippen LogP contribution in [-0.4, -0.2) is 37.9 Å². The Hall–Kier alpha value is -3.94. The zero-order valence-electron chi connectivity index (χ0n) is 20.7. The van der Waals surface area contributed by atoms with Crippen LogP contribution in [-0.2, 0) is 27.7 Å². The lowest BCUT2D eigenvalue weighted by molar-refractivity contribution is -0.119. The largest absolute Gasteiger partial charge is 0.325 e. The fourth-order valence-corrected chi connectivity index (χ4v) is 5.68. The first-order valence-corrected chi connectivity index (χ1v) is 14.3. The number of carbonyl (C=O) groups is 2. The summed E-state index contributed by atoms with van der Waals surface area (Å²) < 4.78 is 24.5. The summed E-state index contributed by atoms with van der Waals surface area (Å²) in [4.78, 5) is 30.2. The lowest BCUT2D eigenvalue weighted by atomic mass is 10.0. The average molecular weight is 545 g/mol. The third-order valence-corrected chi connectivity index (χ3v) is 7.95. The number of benzene rings is 4. The van der Waals surface area contributed by atoms with Crippen molar-refractivity contribution in [1.82, 2.24) is 4.90 Å². The maximum atomic E-state index is 13.5. The van der Waals surface area contributed by atoms with Crippen molar-refractivity contribution in [3.8, 4) is 11.1 Å². The number of fused-ring (bicyclic) bond motifs is 1. The van der Waals surface area contributed by atoms with Gasteiger partial charge in [-0.15, -0.1) is 0 Å². The SMILES string of the molecule is CS(=O)(=O)c1ccccc1-c1ccc(CN2C(=O)CN(C(=O)c3ccc(Cl)cc3)Cc3ccccc32)cc1. The van der Waals surface area contributed by atoms with Crippen LogP contribution in [0.4, 0.5) is 5.69 Å². The van der Waals surface area contributed by atoms with E-state index in [1.165, 1.54) is 6.26 Å². The maximum absolute atomic E-state index is 13.5. The van der Waals surface area contributed by atoms with Crippen LogP contribution >= 0.6 is 11.6 Å². The van der Waals surface area contributed by atoms with Gasteiger partial charge in [0, 0.05) is 34.6 Å². The molecule has 4 aromatic carbocycles. The van der Waals surface area contributed by atoms with E-state index in [1.807, 2.05) is 54.6 Å². The van der Waals surface area contributed by atoms with Crippen molar-refractivity contribution in [2.75, 3.05) is 17.7 Å². The van der Waals surface area contributed by atoms with Gasteiger partial charge in [-0.3, -0.25) is 9.59 Å². The van der Waals surface area contributed by atoms with E-state index in [0.29, 0.717) is 29.2 Å². The predicted octanol–water partition coefficient (Wildman–Crippen LogP) is 5.60. The summed E-state index contributed by atoms with van der Waals surface area (Å²) in [5, 5.41) is 0.538. The van der Waals surface area contributed by atoms with E-state index < -0.39 is 9.84 Å². The number of hydrogen-bond donors (Lipinski definition) is 0. The molecule has 0 saturated heterocycles. The molecule has 0 bridgehead atoms. The summed E-state index contributed by atoms with van der Waals surface area (Å²) in [5.74, 6) is -0.427. The first-order valence-electron chi connectivity index (χ1n) is 12.0. The Kier molecular flexibility index (Phi) is 7.06. The number of para-hydroxylation sites is 1. The normalized spacial score (nSPS) is 13.7. The highest BCUT2D eigenvalue weighted by Crippen LogP contribution is 2.30. The highest BCUT2D eigenvalue weighted by atomic mass is 35.5. The lowest BCUT2D eigenvalue weighted by Crippen LogP contribution is -2.39. The maximum Gasteiger partial charge on any atom is 0.254 e.